The number of methoxy groups -OCH3 is 1. The van der Waals surface area contributed by atoms with Gasteiger partial charge in [0.25, 0.3) is 0 Å². The van der Waals surface area contributed by atoms with Crippen LogP contribution in [0.3, 0.4) is 0 Å². The molecule has 2 aliphatic rings. The fraction of sp³-hybridized carbons (Fsp3) is 0.333. The lowest BCUT2D eigenvalue weighted by Gasteiger charge is -2.51. The number of ketones is 1. The van der Waals surface area contributed by atoms with Gasteiger partial charge in [-0.1, -0.05) is 66.7 Å². The van der Waals surface area contributed by atoms with Crippen LogP contribution >= 0.6 is 0 Å². The van der Waals surface area contributed by atoms with Gasteiger partial charge in [-0.25, -0.2) is 15.0 Å². The number of benzene rings is 3. The third-order valence-corrected chi connectivity index (χ3v) is 11.1. The van der Waals surface area contributed by atoms with Gasteiger partial charge in [-0.05, 0) is 87.3 Å². The smallest absolute Gasteiger partial charge is 0.171 e. The Morgan fingerprint density at radius 3 is 2.24 bits per heavy atom. The Labute approximate surface area is 289 Å². The minimum atomic E-state index is -1.04. The van der Waals surface area contributed by atoms with E-state index in [1.54, 1.807) is 13.4 Å². The van der Waals surface area contributed by atoms with E-state index >= 15 is 4.79 Å². The number of allylic oxidation sites excluding steroid dienone is 1. The third-order valence-electron chi connectivity index (χ3n) is 11.1. The number of hydrogen-bond donors (Lipinski definition) is 0. The molecule has 3 aromatic carbocycles. The molecule has 1 saturated carbocycles. The molecule has 7 heteroatoms. The largest absolute Gasteiger partial charge is 0.495 e. The monoisotopic (exact) mass is 651 g/mol. The molecule has 0 spiro atoms. The highest BCUT2D eigenvalue weighted by atomic mass is 16.5. The topological polar surface area (TPSA) is 73.1 Å². The van der Waals surface area contributed by atoms with Crippen molar-refractivity contribution >= 4 is 5.78 Å². The van der Waals surface area contributed by atoms with Crippen molar-refractivity contribution in [3.8, 4) is 11.4 Å². The van der Waals surface area contributed by atoms with Crippen molar-refractivity contribution in [2.75, 3.05) is 21.2 Å². The van der Waals surface area contributed by atoms with Crippen molar-refractivity contribution in [2.24, 2.45) is 0 Å². The molecule has 2 aliphatic carbocycles. The fourth-order valence-electron chi connectivity index (χ4n) is 8.50. The summed E-state index contributed by atoms with van der Waals surface area (Å²) in [5.41, 5.74) is 5.72. The number of aromatic nitrogens is 4. The van der Waals surface area contributed by atoms with Crippen LogP contribution in [0.15, 0.2) is 109 Å². The number of aryl methyl sites for hydroxylation is 2. The van der Waals surface area contributed by atoms with Gasteiger partial charge in [0.1, 0.15) is 11.6 Å². The highest BCUT2D eigenvalue weighted by Gasteiger charge is 2.61. The zero-order valence-electron chi connectivity index (χ0n) is 29.4. The van der Waals surface area contributed by atoms with E-state index in [0.29, 0.717) is 24.4 Å². The lowest BCUT2D eigenvalue weighted by molar-refractivity contribution is -0.124. The highest BCUT2D eigenvalue weighted by molar-refractivity contribution is 6.06. The number of rotatable bonds is 7. The van der Waals surface area contributed by atoms with E-state index in [0.717, 1.165) is 53.0 Å². The van der Waals surface area contributed by atoms with Crippen LogP contribution in [-0.4, -0.2) is 51.4 Å². The lowest BCUT2D eigenvalue weighted by atomic mass is 9.49. The van der Waals surface area contributed by atoms with Crippen molar-refractivity contribution in [1.29, 1.82) is 0 Å². The van der Waals surface area contributed by atoms with Gasteiger partial charge in [0.15, 0.2) is 5.78 Å². The van der Waals surface area contributed by atoms with Crippen LogP contribution in [0, 0.1) is 6.92 Å². The Hall–Kier alpha value is -5.04. The minimum Gasteiger partial charge on any atom is -0.495 e. The maximum absolute atomic E-state index is 15.2. The van der Waals surface area contributed by atoms with Crippen LogP contribution in [0.5, 0.6) is 5.75 Å². The van der Waals surface area contributed by atoms with Gasteiger partial charge in [0.05, 0.1) is 41.3 Å². The predicted molar refractivity (Wildman–Crippen MR) is 193 cm³/mol. The summed E-state index contributed by atoms with van der Waals surface area (Å²) in [6.07, 6.45) is 12.0. The van der Waals surface area contributed by atoms with Crippen LogP contribution < -0.4 is 4.74 Å². The minimum absolute atomic E-state index is 0.0825. The third kappa shape index (κ3) is 5.18. The molecule has 1 fully saturated rings. The summed E-state index contributed by atoms with van der Waals surface area (Å²) >= 11 is 0. The molecule has 0 radical (unpaired) electrons. The van der Waals surface area contributed by atoms with E-state index in [1.807, 2.05) is 67.3 Å². The van der Waals surface area contributed by atoms with E-state index in [9.17, 15) is 0 Å². The zero-order valence-corrected chi connectivity index (χ0v) is 29.4. The standard InChI is InChI=1S/C42H45N5O2/c1-29-26-47(28-44-29)35-20-19-34(24-36(35)49-6)42(23-21-31(27-46(4)5)38(48)41(42,3)33-17-11-8-12-18-33)39-43-25-30-14-13-22-40(2,37(30)45-39)32-15-9-7-10-16-32/h7-12,15-20,24-28H,13-14,21-23H2,1-6H3. The normalized spacial score (nSPS) is 24.4. The Bertz CT molecular complexity index is 2030. The Balaban J connectivity index is 1.54. The SMILES string of the molecule is COc1cc(C2(c3ncc4c(n3)C(C)(c3ccccc3)CCC4)CCC(=CN(C)C)C(=O)C2(C)c2ccccc2)ccc1-n1cnc(C)c1. The fourth-order valence-corrected chi connectivity index (χ4v) is 8.50. The number of hydrogen-bond acceptors (Lipinski definition) is 6. The summed E-state index contributed by atoms with van der Waals surface area (Å²) in [6, 6.07) is 27.2. The Kier molecular flexibility index (Phi) is 8.26. The van der Waals surface area contributed by atoms with E-state index < -0.39 is 10.8 Å². The first-order chi connectivity index (χ1) is 23.6. The molecule has 0 N–H and O–H groups in total. The summed E-state index contributed by atoms with van der Waals surface area (Å²) in [4.78, 5) is 32.6. The van der Waals surface area contributed by atoms with Gasteiger partial charge in [-0.15, -0.1) is 0 Å². The molecule has 7 nitrogen and oxygen atoms in total. The van der Waals surface area contributed by atoms with Crippen molar-refractivity contribution in [3.63, 3.8) is 0 Å². The highest BCUT2D eigenvalue weighted by Crippen LogP contribution is 2.57. The molecule has 2 aromatic heterocycles. The van der Waals surface area contributed by atoms with Crippen molar-refractivity contribution in [3.05, 3.63) is 149 Å². The molecule has 2 heterocycles. The molecule has 0 amide bonds. The molecule has 7 rings (SSSR count). The molecule has 0 aliphatic heterocycles. The molecule has 250 valence electrons. The summed E-state index contributed by atoms with van der Waals surface area (Å²) in [5.74, 6) is 1.45. The van der Waals surface area contributed by atoms with Crippen LogP contribution in [0.2, 0.25) is 0 Å². The first kappa shape index (κ1) is 32.5. The molecule has 0 saturated heterocycles. The van der Waals surface area contributed by atoms with E-state index in [2.05, 4.69) is 79.5 Å². The van der Waals surface area contributed by atoms with Crippen LogP contribution in [0.25, 0.3) is 5.69 Å². The quantitative estimate of drug-likeness (QED) is 0.168. The summed E-state index contributed by atoms with van der Waals surface area (Å²) in [6.45, 7) is 6.39. The Morgan fingerprint density at radius 1 is 0.878 bits per heavy atom. The van der Waals surface area contributed by atoms with Gasteiger partial charge in [-0.2, -0.15) is 0 Å². The number of Topliss-reactive ketones (excluding diaryl/α,β-unsaturated/α-hetero) is 1. The number of nitrogens with zero attached hydrogens (tertiary/aromatic N) is 5. The van der Waals surface area contributed by atoms with Gasteiger partial charge < -0.3 is 14.2 Å². The number of carbonyl (C=O) groups excluding carboxylic acids is 1. The predicted octanol–water partition coefficient (Wildman–Crippen LogP) is 7.67. The molecular formula is C42H45N5O2. The van der Waals surface area contributed by atoms with Crippen molar-refractivity contribution < 1.29 is 9.53 Å². The average Bonchev–Trinajstić information content (AvgIpc) is 3.56. The van der Waals surface area contributed by atoms with Crippen LogP contribution in [0.1, 0.15) is 79.0 Å². The van der Waals surface area contributed by atoms with E-state index in [4.69, 9.17) is 14.7 Å². The number of fused-ring (bicyclic) bond motifs is 1. The molecule has 3 atom stereocenters. The molecule has 5 aromatic rings. The lowest BCUT2D eigenvalue weighted by Crippen LogP contribution is -2.57. The second kappa shape index (κ2) is 12.4. The molecule has 3 unspecified atom stereocenters. The maximum atomic E-state index is 15.2. The first-order valence-electron chi connectivity index (χ1n) is 17.2. The number of ether oxygens (including phenoxy) is 1. The van der Waals surface area contributed by atoms with E-state index in [1.165, 1.54) is 11.1 Å². The number of imidazole rings is 1. The average molecular weight is 652 g/mol. The van der Waals surface area contributed by atoms with Crippen LogP contribution in [0.4, 0.5) is 0 Å². The summed E-state index contributed by atoms with van der Waals surface area (Å²) < 4.78 is 8.06. The first-order valence-corrected chi connectivity index (χ1v) is 17.2. The zero-order chi connectivity index (χ0) is 34.4. The van der Waals surface area contributed by atoms with Crippen LogP contribution in [-0.2, 0) is 27.5 Å². The number of carbonyl (C=O) groups is 1. The summed E-state index contributed by atoms with van der Waals surface area (Å²) in [7, 11) is 5.64. The molecular weight excluding hydrogens is 606 g/mol. The van der Waals surface area contributed by atoms with Gasteiger partial charge in [0.2, 0.25) is 0 Å². The van der Waals surface area contributed by atoms with Crippen molar-refractivity contribution in [2.45, 2.75) is 69.1 Å². The van der Waals surface area contributed by atoms with Crippen molar-refractivity contribution in [1.82, 2.24) is 24.4 Å². The Morgan fingerprint density at radius 2 is 1.59 bits per heavy atom. The van der Waals surface area contributed by atoms with Gasteiger partial charge >= 0.3 is 0 Å². The second-order valence-electron chi connectivity index (χ2n) is 14.3. The van der Waals surface area contributed by atoms with Gasteiger partial charge in [0, 0.05) is 43.7 Å². The molecule has 49 heavy (non-hydrogen) atoms. The second-order valence-corrected chi connectivity index (χ2v) is 14.3. The van der Waals surface area contributed by atoms with Gasteiger partial charge in [-0.3, -0.25) is 4.79 Å². The molecule has 0 bridgehead atoms. The summed E-state index contributed by atoms with van der Waals surface area (Å²) in [5, 5.41) is 0. The van der Waals surface area contributed by atoms with E-state index in [-0.39, 0.29) is 11.2 Å². The maximum Gasteiger partial charge on any atom is 0.171 e.